The van der Waals surface area contributed by atoms with Gasteiger partial charge in [-0.3, -0.25) is 0 Å². The quantitative estimate of drug-likeness (QED) is 0.785. The topological polar surface area (TPSA) is 68.2 Å². The standard InChI is InChI=1S/C14H17ClN4/c15-9-7-12-11(13(17)8-9)1-4-18-14(12)19-5-2-10(16)3-6-19/h1,4,7-8,10H,2-3,5-6,16-17H2. The lowest BCUT2D eigenvalue weighted by Crippen LogP contribution is -2.40. The van der Waals surface area contributed by atoms with Gasteiger partial charge in [0.15, 0.2) is 0 Å². The summed E-state index contributed by atoms with van der Waals surface area (Å²) in [6.45, 7) is 1.86. The highest BCUT2D eigenvalue weighted by Gasteiger charge is 2.19. The summed E-state index contributed by atoms with van der Waals surface area (Å²) in [4.78, 5) is 6.77. The van der Waals surface area contributed by atoms with E-state index in [2.05, 4.69) is 9.88 Å². The van der Waals surface area contributed by atoms with Gasteiger partial charge < -0.3 is 16.4 Å². The third-order valence-electron chi connectivity index (χ3n) is 3.69. The first-order chi connectivity index (χ1) is 9.15. The van der Waals surface area contributed by atoms with Gasteiger partial charge in [0.05, 0.1) is 0 Å². The molecule has 4 nitrogen and oxygen atoms in total. The van der Waals surface area contributed by atoms with Crippen molar-refractivity contribution in [2.24, 2.45) is 5.73 Å². The Morgan fingerprint density at radius 2 is 1.95 bits per heavy atom. The molecule has 0 aliphatic carbocycles. The fraction of sp³-hybridized carbons (Fsp3) is 0.357. The molecule has 5 heteroatoms. The predicted molar refractivity (Wildman–Crippen MR) is 80.6 cm³/mol. The Balaban J connectivity index is 2.08. The van der Waals surface area contributed by atoms with Crippen LogP contribution in [-0.4, -0.2) is 24.1 Å². The van der Waals surface area contributed by atoms with Crippen LogP contribution in [0.2, 0.25) is 5.02 Å². The second kappa shape index (κ2) is 4.87. The minimum Gasteiger partial charge on any atom is -0.398 e. The molecule has 19 heavy (non-hydrogen) atoms. The predicted octanol–water partition coefficient (Wildman–Crippen LogP) is 2.40. The molecule has 0 spiro atoms. The second-order valence-corrected chi connectivity index (χ2v) is 5.49. The molecule has 1 aromatic carbocycles. The summed E-state index contributed by atoms with van der Waals surface area (Å²) in [5.41, 5.74) is 12.7. The Morgan fingerprint density at radius 3 is 2.68 bits per heavy atom. The van der Waals surface area contributed by atoms with E-state index in [1.54, 1.807) is 12.3 Å². The molecule has 0 saturated carbocycles. The van der Waals surface area contributed by atoms with Crippen molar-refractivity contribution >= 4 is 33.9 Å². The van der Waals surface area contributed by atoms with Gasteiger partial charge in [-0.15, -0.1) is 0 Å². The summed E-state index contributed by atoms with van der Waals surface area (Å²) in [7, 11) is 0. The molecule has 1 saturated heterocycles. The van der Waals surface area contributed by atoms with Crippen molar-refractivity contribution in [2.45, 2.75) is 18.9 Å². The molecule has 1 aromatic heterocycles. The van der Waals surface area contributed by atoms with Crippen LogP contribution in [0.3, 0.4) is 0 Å². The third-order valence-corrected chi connectivity index (χ3v) is 3.91. The highest BCUT2D eigenvalue weighted by atomic mass is 35.5. The van der Waals surface area contributed by atoms with Crippen LogP contribution in [0.4, 0.5) is 11.5 Å². The van der Waals surface area contributed by atoms with Crippen LogP contribution in [-0.2, 0) is 0 Å². The molecule has 0 radical (unpaired) electrons. The van der Waals surface area contributed by atoms with E-state index in [4.69, 9.17) is 23.1 Å². The van der Waals surface area contributed by atoms with E-state index < -0.39 is 0 Å². The highest BCUT2D eigenvalue weighted by molar-refractivity contribution is 6.32. The van der Waals surface area contributed by atoms with Crippen LogP contribution in [0, 0.1) is 0 Å². The zero-order valence-electron chi connectivity index (χ0n) is 10.6. The largest absolute Gasteiger partial charge is 0.398 e. The molecule has 1 aliphatic heterocycles. The normalized spacial score (nSPS) is 17.1. The monoisotopic (exact) mass is 276 g/mol. The molecule has 1 fully saturated rings. The zero-order chi connectivity index (χ0) is 13.4. The van der Waals surface area contributed by atoms with E-state index in [0.717, 1.165) is 42.5 Å². The maximum absolute atomic E-state index is 6.11. The Morgan fingerprint density at radius 1 is 1.21 bits per heavy atom. The molecule has 2 heterocycles. The number of piperidine rings is 1. The van der Waals surface area contributed by atoms with Crippen molar-refractivity contribution in [3.05, 3.63) is 29.4 Å². The lowest BCUT2D eigenvalue weighted by molar-refractivity contribution is 0.499. The van der Waals surface area contributed by atoms with Crippen molar-refractivity contribution < 1.29 is 0 Å². The minimum absolute atomic E-state index is 0.305. The van der Waals surface area contributed by atoms with E-state index in [1.807, 2.05) is 12.1 Å². The van der Waals surface area contributed by atoms with E-state index in [-0.39, 0.29) is 0 Å². The summed E-state index contributed by atoms with van der Waals surface area (Å²) >= 11 is 6.11. The number of nitrogen functional groups attached to an aromatic ring is 1. The van der Waals surface area contributed by atoms with Crippen LogP contribution in [0.25, 0.3) is 10.8 Å². The number of halogens is 1. The molecule has 0 unspecified atom stereocenters. The van der Waals surface area contributed by atoms with Gasteiger partial charge in [-0.05, 0) is 31.0 Å². The van der Waals surface area contributed by atoms with Gasteiger partial charge in [0.2, 0.25) is 0 Å². The zero-order valence-corrected chi connectivity index (χ0v) is 11.4. The van der Waals surface area contributed by atoms with Crippen LogP contribution in [0.1, 0.15) is 12.8 Å². The van der Waals surface area contributed by atoms with Gasteiger partial charge in [0, 0.05) is 46.8 Å². The molecule has 100 valence electrons. The van der Waals surface area contributed by atoms with E-state index in [1.165, 1.54) is 0 Å². The minimum atomic E-state index is 0.305. The number of rotatable bonds is 1. The number of benzene rings is 1. The SMILES string of the molecule is Nc1cc(Cl)cc2c(N3CCC(N)CC3)nccc12. The fourth-order valence-corrected chi connectivity index (χ4v) is 2.85. The number of nitrogens with zero attached hydrogens (tertiary/aromatic N) is 2. The van der Waals surface area contributed by atoms with Crippen molar-refractivity contribution in [1.82, 2.24) is 4.98 Å². The molecular weight excluding hydrogens is 260 g/mol. The summed E-state index contributed by atoms with van der Waals surface area (Å²) in [6, 6.07) is 5.95. The van der Waals surface area contributed by atoms with E-state index in [9.17, 15) is 0 Å². The molecule has 3 rings (SSSR count). The molecule has 0 atom stereocenters. The lowest BCUT2D eigenvalue weighted by Gasteiger charge is -2.31. The summed E-state index contributed by atoms with van der Waals surface area (Å²) in [5.74, 6) is 0.957. The average Bonchev–Trinajstić information content (AvgIpc) is 2.39. The van der Waals surface area contributed by atoms with Gasteiger partial charge in [-0.1, -0.05) is 11.6 Å². The molecule has 0 bridgehead atoms. The molecule has 4 N–H and O–H groups in total. The Hall–Kier alpha value is -1.52. The Kier molecular flexibility index (Phi) is 3.21. The van der Waals surface area contributed by atoms with Crippen molar-refractivity contribution in [1.29, 1.82) is 0 Å². The van der Waals surface area contributed by atoms with Gasteiger partial charge in [-0.2, -0.15) is 0 Å². The Bertz CT molecular complexity index is 606. The van der Waals surface area contributed by atoms with E-state index >= 15 is 0 Å². The van der Waals surface area contributed by atoms with Gasteiger partial charge in [0.25, 0.3) is 0 Å². The third kappa shape index (κ3) is 2.33. The summed E-state index contributed by atoms with van der Waals surface area (Å²) in [5, 5.41) is 2.67. The fourth-order valence-electron chi connectivity index (χ4n) is 2.63. The van der Waals surface area contributed by atoms with Crippen molar-refractivity contribution in [3.8, 4) is 0 Å². The molecule has 1 aliphatic rings. The Labute approximate surface area is 117 Å². The van der Waals surface area contributed by atoms with Crippen molar-refractivity contribution in [3.63, 3.8) is 0 Å². The highest BCUT2D eigenvalue weighted by Crippen LogP contribution is 2.32. The molecular formula is C14H17ClN4. The van der Waals surface area contributed by atoms with Gasteiger partial charge in [-0.25, -0.2) is 4.98 Å². The van der Waals surface area contributed by atoms with Crippen LogP contribution < -0.4 is 16.4 Å². The van der Waals surface area contributed by atoms with Crippen molar-refractivity contribution in [2.75, 3.05) is 23.7 Å². The summed E-state index contributed by atoms with van der Waals surface area (Å²) < 4.78 is 0. The smallest absolute Gasteiger partial charge is 0.136 e. The first kappa shape index (κ1) is 12.5. The number of anilines is 2. The maximum Gasteiger partial charge on any atom is 0.136 e. The first-order valence-electron chi connectivity index (χ1n) is 6.49. The number of hydrogen-bond acceptors (Lipinski definition) is 4. The maximum atomic E-state index is 6.11. The van der Waals surface area contributed by atoms with Crippen LogP contribution >= 0.6 is 11.6 Å². The average molecular weight is 277 g/mol. The van der Waals surface area contributed by atoms with Crippen LogP contribution in [0.15, 0.2) is 24.4 Å². The van der Waals surface area contributed by atoms with E-state index in [0.29, 0.717) is 16.8 Å². The van der Waals surface area contributed by atoms with Gasteiger partial charge >= 0.3 is 0 Å². The number of pyridine rings is 1. The summed E-state index contributed by atoms with van der Waals surface area (Å²) in [6.07, 6.45) is 3.79. The number of aromatic nitrogens is 1. The van der Waals surface area contributed by atoms with Crippen LogP contribution in [0.5, 0.6) is 0 Å². The molecule has 0 amide bonds. The first-order valence-corrected chi connectivity index (χ1v) is 6.87. The second-order valence-electron chi connectivity index (χ2n) is 5.05. The number of nitrogens with two attached hydrogens (primary N) is 2. The number of hydrogen-bond donors (Lipinski definition) is 2. The molecule has 2 aromatic rings. The lowest BCUT2D eigenvalue weighted by atomic mass is 10.0. The number of fused-ring (bicyclic) bond motifs is 1. The van der Waals surface area contributed by atoms with Gasteiger partial charge in [0.1, 0.15) is 5.82 Å².